The highest BCUT2D eigenvalue weighted by molar-refractivity contribution is 5.99. The number of carbonyl (C=O) groups is 2. The van der Waals surface area contributed by atoms with Gasteiger partial charge in [0.2, 0.25) is 0 Å². The lowest BCUT2D eigenvalue weighted by molar-refractivity contribution is 0.0755. The number of aliphatic hydroxyl groups is 1. The SMILES string of the molecule is CCCN(CCC)C(=O)c1cccc(C(=O)NCC(O)CNCc2ccccc2)c1.COC1=CC=C(C)CC1. The molecule has 1 unspecified atom stereocenters. The lowest BCUT2D eigenvalue weighted by Crippen LogP contribution is -2.38. The van der Waals surface area contributed by atoms with Crippen LogP contribution in [0.1, 0.15) is 72.7 Å². The number of nitrogens with one attached hydrogen (secondary N) is 2. The Morgan fingerprint density at radius 1 is 0.949 bits per heavy atom. The number of ether oxygens (including phenoxy) is 1. The summed E-state index contributed by atoms with van der Waals surface area (Å²) in [4.78, 5) is 27.0. The summed E-state index contributed by atoms with van der Waals surface area (Å²) in [5.41, 5.74) is 3.50. The predicted octanol–water partition coefficient (Wildman–Crippen LogP) is 5.09. The van der Waals surface area contributed by atoms with Crippen LogP contribution in [0.2, 0.25) is 0 Å². The first kappa shape index (κ1) is 31.8. The van der Waals surface area contributed by atoms with Crippen molar-refractivity contribution in [1.29, 1.82) is 0 Å². The van der Waals surface area contributed by atoms with Crippen LogP contribution in [-0.2, 0) is 11.3 Å². The van der Waals surface area contributed by atoms with E-state index in [2.05, 4.69) is 23.6 Å². The fourth-order valence-corrected chi connectivity index (χ4v) is 4.09. The van der Waals surface area contributed by atoms with Crippen molar-refractivity contribution in [2.45, 2.75) is 59.1 Å². The number of methoxy groups -OCH3 is 1. The van der Waals surface area contributed by atoms with Gasteiger partial charge in [-0.15, -0.1) is 0 Å². The first-order valence-electron chi connectivity index (χ1n) is 13.9. The molecule has 0 saturated carbocycles. The van der Waals surface area contributed by atoms with Gasteiger partial charge in [-0.1, -0.05) is 61.9 Å². The van der Waals surface area contributed by atoms with Crippen LogP contribution in [-0.4, -0.2) is 61.2 Å². The van der Waals surface area contributed by atoms with Crippen molar-refractivity contribution in [3.05, 3.63) is 94.8 Å². The maximum atomic E-state index is 12.7. The van der Waals surface area contributed by atoms with Gasteiger partial charge in [0.1, 0.15) is 0 Å². The minimum Gasteiger partial charge on any atom is -0.501 e. The van der Waals surface area contributed by atoms with Gasteiger partial charge >= 0.3 is 0 Å². The Bertz CT molecular complexity index is 1080. The number of benzene rings is 2. The van der Waals surface area contributed by atoms with E-state index in [-0.39, 0.29) is 18.4 Å². The van der Waals surface area contributed by atoms with Crippen LogP contribution in [0, 0.1) is 0 Å². The van der Waals surface area contributed by atoms with Gasteiger partial charge in [-0.3, -0.25) is 9.59 Å². The van der Waals surface area contributed by atoms with Crippen molar-refractivity contribution in [2.75, 3.05) is 33.3 Å². The Kier molecular flexibility index (Phi) is 14.7. The summed E-state index contributed by atoms with van der Waals surface area (Å²) in [6.45, 7) is 8.79. The molecule has 3 rings (SSSR count). The molecule has 2 aromatic carbocycles. The zero-order chi connectivity index (χ0) is 28.5. The molecule has 0 saturated heterocycles. The molecular weight excluding hydrogens is 490 g/mol. The van der Waals surface area contributed by atoms with E-state index in [1.807, 2.05) is 55.2 Å². The van der Waals surface area contributed by atoms with E-state index in [4.69, 9.17) is 4.74 Å². The highest BCUT2D eigenvalue weighted by Gasteiger charge is 2.16. The van der Waals surface area contributed by atoms with Crippen LogP contribution >= 0.6 is 0 Å². The first-order valence-corrected chi connectivity index (χ1v) is 13.9. The summed E-state index contributed by atoms with van der Waals surface area (Å²) in [5.74, 6) is 0.739. The van der Waals surface area contributed by atoms with Crippen molar-refractivity contribution >= 4 is 11.8 Å². The molecule has 2 amide bonds. The molecule has 0 aromatic heterocycles. The largest absolute Gasteiger partial charge is 0.501 e. The summed E-state index contributed by atoms with van der Waals surface area (Å²) >= 11 is 0. The number of nitrogens with zero attached hydrogens (tertiary/aromatic N) is 1. The molecule has 0 spiro atoms. The van der Waals surface area contributed by atoms with Crippen LogP contribution in [0.25, 0.3) is 0 Å². The number of hydrogen-bond acceptors (Lipinski definition) is 5. The van der Waals surface area contributed by atoms with E-state index >= 15 is 0 Å². The average Bonchev–Trinajstić information content (AvgIpc) is 2.97. The molecule has 7 nitrogen and oxygen atoms in total. The molecule has 1 atom stereocenters. The van der Waals surface area contributed by atoms with Gasteiger partial charge < -0.3 is 25.4 Å². The average molecular weight is 536 g/mol. The third-order valence-electron chi connectivity index (χ3n) is 6.28. The summed E-state index contributed by atoms with van der Waals surface area (Å²) in [6, 6.07) is 16.7. The maximum absolute atomic E-state index is 12.7. The van der Waals surface area contributed by atoms with Gasteiger partial charge in [0.25, 0.3) is 11.8 Å². The smallest absolute Gasteiger partial charge is 0.253 e. The van der Waals surface area contributed by atoms with Crippen molar-refractivity contribution in [3.8, 4) is 0 Å². The number of allylic oxidation sites excluding steroid dienone is 4. The highest BCUT2D eigenvalue weighted by Crippen LogP contribution is 2.17. The number of carbonyl (C=O) groups excluding carboxylic acids is 2. The van der Waals surface area contributed by atoms with Crippen LogP contribution in [0.5, 0.6) is 0 Å². The Morgan fingerprint density at radius 3 is 2.26 bits per heavy atom. The quantitative estimate of drug-likeness (QED) is 0.333. The molecule has 0 bridgehead atoms. The van der Waals surface area contributed by atoms with E-state index < -0.39 is 6.10 Å². The molecular formula is C32H45N3O4. The third-order valence-corrected chi connectivity index (χ3v) is 6.28. The number of aliphatic hydroxyl groups excluding tert-OH is 1. The second-order valence-electron chi connectivity index (χ2n) is 9.70. The van der Waals surface area contributed by atoms with Crippen molar-refractivity contribution in [3.63, 3.8) is 0 Å². The Balaban J connectivity index is 0.000000499. The Hall–Kier alpha value is -3.42. The topological polar surface area (TPSA) is 90.9 Å². The summed E-state index contributed by atoms with van der Waals surface area (Å²) in [6.07, 6.45) is 7.45. The van der Waals surface area contributed by atoms with Crippen molar-refractivity contribution in [1.82, 2.24) is 15.5 Å². The van der Waals surface area contributed by atoms with Gasteiger partial charge in [0.05, 0.1) is 19.0 Å². The first-order chi connectivity index (χ1) is 18.9. The Labute approximate surface area is 233 Å². The number of rotatable bonds is 13. The van der Waals surface area contributed by atoms with E-state index in [0.717, 1.165) is 37.0 Å². The molecule has 0 fully saturated rings. The second kappa shape index (κ2) is 18.0. The van der Waals surface area contributed by atoms with Gasteiger partial charge in [-0.25, -0.2) is 0 Å². The summed E-state index contributed by atoms with van der Waals surface area (Å²) in [5, 5.41) is 16.0. The third kappa shape index (κ3) is 11.9. The van der Waals surface area contributed by atoms with Gasteiger partial charge in [-0.2, -0.15) is 0 Å². The van der Waals surface area contributed by atoms with Gasteiger partial charge in [-0.05, 0) is 56.0 Å². The van der Waals surface area contributed by atoms with Gasteiger partial charge in [0, 0.05) is 50.3 Å². The molecule has 1 aliphatic carbocycles. The van der Waals surface area contributed by atoms with Crippen LogP contribution < -0.4 is 10.6 Å². The number of amides is 2. The second-order valence-corrected chi connectivity index (χ2v) is 9.70. The monoisotopic (exact) mass is 535 g/mol. The summed E-state index contributed by atoms with van der Waals surface area (Å²) < 4.78 is 5.06. The molecule has 2 aromatic rings. The normalized spacial score (nSPS) is 13.3. The standard InChI is InChI=1S/C24H33N3O3.C8H12O/c1-3-13-27(14-4-2)24(30)21-12-8-11-20(15-21)23(29)26-18-22(28)17-25-16-19-9-6-5-7-10-19;1-7-3-5-8(9-2)6-4-7/h5-12,15,22,25,28H,3-4,13-14,16-18H2,1-2H3,(H,26,29);3,5H,4,6H2,1-2H3. The highest BCUT2D eigenvalue weighted by atomic mass is 16.5. The minimum absolute atomic E-state index is 0.0569. The lowest BCUT2D eigenvalue weighted by atomic mass is 10.1. The maximum Gasteiger partial charge on any atom is 0.253 e. The fraction of sp³-hybridized carbons (Fsp3) is 0.438. The lowest BCUT2D eigenvalue weighted by Gasteiger charge is -2.21. The fourth-order valence-electron chi connectivity index (χ4n) is 4.09. The molecule has 0 aliphatic heterocycles. The molecule has 7 heteroatoms. The molecule has 1 aliphatic rings. The van der Waals surface area contributed by atoms with Crippen molar-refractivity contribution in [2.24, 2.45) is 0 Å². The summed E-state index contributed by atoms with van der Waals surface area (Å²) in [7, 11) is 1.72. The Morgan fingerprint density at radius 2 is 1.64 bits per heavy atom. The van der Waals surface area contributed by atoms with E-state index in [9.17, 15) is 14.7 Å². The molecule has 0 heterocycles. The van der Waals surface area contributed by atoms with Crippen molar-refractivity contribution < 1.29 is 19.4 Å². The number of hydrogen-bond donors (Lipinski definition) is 3. The van der Waals surface area contributed by atoms with Crippen LogP contribution in [0.4, 0.5) is 0 Å². The van der Waals surface area contributed by atoms with Crippen LogP contribution in [0.3, 0.4) is 0 Å². The predicted molar refractivity (Wildman–Crippen MR) is 157 cm³/mol. The van der Waals surface area contributed by atoms with Gasteiger partial charge in [0.15, 0.2) is 0 Å². The molecule has 3 N–H and O–H groups in total. The van der Waals surface area contributed by atoms with E-state index in [1.165, 1.54) is 5.57 Å². The molecule has 212 valence electrons. The zero-order valence-corrected chi connectivity index (χ0v) is 23.9. The zero-order valence-electron chi connectivity index (χ0n) is 23.9. The van der Waals surface area contributed by atoms with E-state index in [1.54, 1.807) is 31.4 Å². The molecule has 0 radical (unpaired) electrons. The van der Waals surface area contributed by atoms with E-state index in [0.29, 0.717) is 37.3 Å². The minimum atomic E-state index is -0.702. The molecule has 39 heavy (non-hydrogen) atoms. The van der Waals surface area contributed by atoms with Crippen LogP contribution in [0.15, 0.2) is 78.1 Å².